The number of nitrogens with two attached hydrogens (primary N) is 1. The highest BCUT2D eigenvalue weighted by Crippen LogP contribution is 2.23. The van der Waals surface area contributed by atoms with Gasteiger partial charge in [0.15, 0.2) is 0 Å². The van der Waals surface area contributed by atoms with Crippen LogP contribution in [0.2, 0.25) is 5.02 Å². The number of carbonyl (C=O) groups is 1. The normalized spacial score (nSPS) is 14.0. The van der Waals surface area contributed by atoms with Crippen LogP contribution in [-0.2, 0) is 9.53 Å². The smallest absolute Gasteiger partial charge is 0.241 e. The van der Waals surface area contributed by atoms with Gasteiger partial charge in [0.05, 0.1) is 24.0 Å². The van der Waals surface area contributed by atoms with Gasteiger partial charge in [-0.25, -0.2) is 0 Å². The van der Waals surface area contributed by atoms with Crippen molar-refractivity contribution in [3.63, 3.8) is 0 Å². The number of benzene rings is 1. The van der Waals surface area contributed by atoms with Crippen molar-refractivity contribution < 1.29 is 9.53 Å². The summed E-state index contributed by atoms with van der Waals surface area (Å²) >= 11 is 5.85. The van der Waals surface area contributed by atoms with Crippen LogP contribution in [0.5, 0.6) is 0 Å². The van der Waals surface area contributed by atoms with E-state index in [9.17, 15) is 4.79 Å². The summed E-state index contributed by atoms with van der Waals surface area (Å²) in [4.78, 5) is 14.5. The maximum absolute atomic E-state index is 12.4. The summed E-state index contributed by atoms with van der Waals surface area (Å²) < 4.78 is 5.16. The number of halogens is 1. The van der Waals surface area contributed by atoms with Gasteiger partial charge in [0.25, 0.3) is 0 Å². The monoisotopic (exact) mass is 313 g/mol. The van der Waals surface area contributed by atoms with Crippen LogP contribution in [0.15, 0.2) is 18.2 Å². The van der Waals surface area contributed by atoms with Gasteiger partial charge in [0.1, 0.15) is 0 Å². The minimum Gasteiger partial charge on any atom is -0.397 e. The maximum atomic E-state index is 12.4. The summed E-state index contributed by atoms with van der Waals surface area (Å²) in [5.74, 6) is -0.103. The lowest BCUT2D eigenvalue weighted by Gasteiger charge is -2.32. The van der Waals surface area contributed by atoms with Crippen LogP contribution >= 0.6 is 11.6 Å². The summed E-state index contributed by atoms with van der Waals surface area (Å²) in [5, 5.41) is 3.39. The summed E-state index contributed by atoms with van der Waals surface area (Å²) in [6, 6.07) is 4.89. The number of rotatable bonds is 7. The molecule has 1 rings (SSSR count). The van der Waals surface area contributed by atoms with Gasteiger partial charge in [-0.2, -0.15) is 0 Å². The van der Waals surface area contributed by atoms with Crippen molar-refractivity contribution in [1.82, 2.24) is 4.90 Å². The fourth-order valence-corrected chi connectivity index (χ4v) is 2.52. The van der Waals surface area contributed by atoms with E-state index in [1.54, 1.807) is 25.3 Å². The molecule has 2 unspecified atom stereocenters. The van der Waals surface area contributed by atoms with E-state index in [0.29, 0.717) is 23.0 Å². The van der Waals surface area contributed by atoms with Gasteiger partial charge in [-0.1, -0.05) is 18.5 Å². The van der Waals surface area contributed by atoms with Crippen molar-refractivity contribution in [2.75, 3.05) is 31.3 Å². The SMILES string of the molecule is CCN(C(C)COC)C(C)C(=O)Nc1ccc(Cl)cc1N. The van der Waals surface area contributed by atoms with E-state index in [0.717, 1.165) is 6.54 Å². The van der Waals surface area contributed by atoms with E-state index >= 15 is 0 Å². The molecule has 0 bridgehead atoms. The summed E-state index contributed by atoms with van der Waals surface area (Å²) in [7, 11) is 1.66. The van der Waals surface area contributed by atoms with Crippen LogP contribution in [0, 0.1) is 0 Å². The first-order valence-corrected chi connectivity index (χ1v) is 7.39. The van der Waals surface area contributed by atoms with Crippen molar-refractivity contribution in [1.29, 1.82) is 0 Å². The third kappa shape index (κ3) is 4.88. The molecule has 5 nitrogen and oxygen atoms in total. The average molecular weight is 314 g/mol. The van der Waals surface area contributed by atoms with Crippen LogP contribution in [0.4, 0.5) is 11.4 Å². The molecule has 0 fully saturated rings. The van der Waals surface area contributed by atoms with E-state index in [-0.39, 0.29) is 18.0 Å². The number of nitrogen functional groups attached to an aromatic ring is 1. The van der Waals surface area contributed by atoms with Gasteiger partial charge < -0.3 is 15.8 Å². The Hall–Kier alpha value is -1.30. The second-order valence-corrected chi connectivity index (χ2v) is 5.47. The molecule has 0 saturated heterocycles. The lowest BCUT2D eigenvalue weighted by Crippen LogP contribution is -2.48. The Morgan fingerprint density at radius 3 is 2.67 bits per heavy atom. The minimum atomic E-state index is -0.282. The molecule has 0 aliphatic heterocycles. The highest BCUT2D eigenvalue weighted by atomic mass is 35.5. The molecule has 0 saturated carbocycles. The highest BCUT2D eigenvalue weighted by Gasteiger charge is 2.24. The number of likely N-dealkylation sites (N-methyl/N-ethyl adjacent to an activating group) is 1. The Morgan fingerprint density at radius 2 is 2.14 bits per heavy atom. The number of nitrogens with zero attached hydrogens (tertiary/aromatic N) is 1. The van der Waals surface area contributed by atoms with Crippen molar-refractivity contribution in [3.05, 3.63) is 23.2 Å². The van der Waals surface area contributed by atoms with Gasteiger partial charge in [-0.15, -0.1) is 0 Å². The zero-order valence-corrected chi connectivity index (χ0v) is 13.8. The molecule has 0 aromatic heterocycles. The number of ether oxygens (including phenoxy) is 1. The van der Waals surface area contributed by atoms with Gasteiger partial charge in [0, 0.05) is 18.2 Å². The van der Waals surface area contributed by atoms with Crippen molar-refractivity contribution in [2.45, 2.75) is 32.9 Å². The number of nitrogens with one attached hydrogen (secondary N) is 1. The molecular weight excluding hydrogens is 290 g/mol. The average Bonchev–Trinajstić information content (AvgIpc) is 2.42. The largest absolute Gasteiger partial charge is 0.397 e. The minimum absolute atomic E-state index is 0.103. The van der Waals surface area contributed by atoms with Crippen molar-refractivity contribution in [2.24, 2.45) is 0 Å². The van der Waals surface area contributed by atoms with Crippen molar-refractivity contribution in [3.8, 4) is 0 Å². The molecule has 0 aliphatic rings. The fraction of sp³-hybridized carbons (Fsp3) is 0.533. The van der Waals surface area contributed by atoms with E-state index in [1.165, 1.54) is 0 Å². The second kappa shape index (κ2) is 8.22. The molecule has 1 aromatic carbocycles. The number of hydrogen-bond acceptors (Lipinski definition) is 4. The van der Waals surface area contributed by atoms with E-state index < -0.39 is 0 Å². The molecule has 6 heteroatoms. The Kier molecular flexibility index (Phi) is 6.95. The van der Waals surface area contributed by atoms with Crippen molar-refractivity contribution >= 4 is 28.9 Å². The molecule has 0 spiro atoms. The number of amides is 1. The van der Waals surface area contributed by atoms with E-state index in [4.69, 9.17) is 22.1 Å². The lowest BCUT2D eigenvalue weighted by atomic mass is 10.2. The molecule has 2 atom stereocenters. The highest BCUT2D eigenvalue weighted by molar-refractivity contribution is 6.31. The van der Waals surface area contributed by atoms with Crippen LogP contribution in [-0.4, -0.2) is 43.2 Å². The molecular formula is C15H24ClN3O2. The quantitative estimate of drug-likeness (QED) is 0.759. The molecule has 0 heterocycles. The Labute approximate surface area is 131 Å². The van der Waals surface area contributed by atoms with Gasteiger partial charge in [0.2, 0.25) is 5.91 Å². The van der Waals surface area contributed by atoms with Gasteiger partial charge in [-0.05, 0) is 38.6 Å². The van der Waals surface area contributed by atoms with Gasteiger partial charge >= 0.3 is 0 Å². The molecule has 0 radical (unpaired) electrons. The molecule has 0 aliphatic carbocycles. The standard InChI is InChI=1S/C15H24ClN3O2/c1-5-19(10(2)9-21-4)11(3)15(20)18-14-7-6-12(16)8-13(14)17/h6-8,10-11H,5,9,17H2,1-4H3,(H,18,20). The topological polar surface area (TPSA) is 67.6 Å². The summed E-state index contributed by atoms with van der Waals surface area (Å²) in [6.45, 7) is 7.26. The van der Waals surface area contributed by atoms with E-state index in [2.05, 4.69) is 10.2 Å². The third-order valence-corrected chi connectivity index (χ3v) is 3.72. The maximum Gasteiger partial charge on any atom is 0.241 e. The predicted molar refractivity (Wildman–Crippen MR) is 87.7 cm³/mol. The number of carbonyl (C=O) groups excluding carboxylic acids is 1. The van der Waals surface area contributed by atoms with Crippen LogP contribution < -0.4 is 11.1 Å². The molecule has 21 heavy (non-hydrogen) atoms. The van der Waals surface area contributed by atoms with Crippen LogP contribution in [0.25, 0.3) is 0 Å². The summed E-state index contributed by atoms with van der Waals surface area (Å²) in [6.07, 6.45) is 0. The third-order valence-electron chi connectivity index (χ3n) is 3.49. The van der Waals surface area contributed by atoms with E-state index in [1.807, 2.05) is 20.8 Å². The van der Waals surface area contributed by atoms with Gasteiger partial charge in [-0.3, -0.25) is 9.69 Å². The van der Waals surface area contributed by atoms with Crippen LogP contribution in [0.3, 0.4) is 0 Å². The van der Waals surface area contributed by atoms with Crippen LogP contribution in [0.1, 0.15) is 20.8 Å². The first-order chi connectivity index (χ1) is 9.90. The Balaban J connectivity index is 2.77. The predicted octanol–water partition coefficient (Wildman–Crippen LogP) is 2.61. The number of methoxy groups -OCH3 is 1. The second-order valence-electron chi connectivity index (χ2n) is 5.03. The Bertz CT molecular complexity index is 482. The Morgan fingerprint density at radius 1 is 1.48 bits per heavy atom. The summed E-state index contributed by atoms with van der Waals surface area (Å²) in [5.41, 5.74) is 6.88. The molecule has 1 amide bonds. The zero-order chi connectivity index (χ0) is 16.0. The zero-order valence-electron chi connectivity index (χ0n) is 13.0. The first-order valence-electron chi connectivity index (χ1n) is 7.01. The molecule has 3 N–H and O–H groups in total. The lowest BCUT2D eigenvalue weighted by molar-refractivity contribution is -0.121. The number of hydrogen-bond donors (Lipinski definition) is 2. The molecule has 118 valence electrons. The molecule has 1 aromatic rings. The number of anilines is 2. The first kappa shape index (κ1) is 17.8. The fourth-order valence-electron chi connectivity index (χ4n) is 2.34.